The summed E-state index contributed by atoms with van der Waals surface area (Å²) in [4.78, 5) is 21.6. The Hall–Kier alpha value is -2.14. The predicted octanol–water partition coefficient (Wildman–Crippen LogP) is 0.895. The first-order valence-corrected chi connectivity index (χ1v) is 4.56. The number of rotatable bonds is 4. The van der Waals surface area contributed by atoms with Gasteiger partial charge in [0.25, 0.3) is 0 Å². The van der Waals surface area contributed by atoms with Crippen LogP contribution in [0, 0.1) is 0 Å². The number of hydrogen-bond acceptors (Lipinski definition) is 3. The molecule has 0 aromatic heterocycles. The van der Waals surface area contributed by atoms with Gasteiger partial charge in [-0.3, -0.25) is 9.59 Å². The van der Waals surface area contributed by atoms with E-state index >= 15 is 0 Å². The molecule has 5 nitrogen and oxygen atoms in total. The van der Waals surface area contributed by atoms with Crippen LogP contribution in [0.25, 0.3) is 0 Å². The molecular formula is C11H12N2O3. The molecule has 0 radical (unpaired) electrons. The van der Waals surface area contributed by atoms with Gasteiger partial charge in [-0.15, -0.1) is 0 Å². The second kappa shape index (κ2) is 5.09. The van der Waals surface area contributed by atoms with Gasteiger partial charge in [-0.2, -0.15) is 0 Å². The number of nitrogens with one attached hydrogen (secondary N) is 1. The van der Waals surface area contributed by atoms with Crippen molar-refractivity contribution < 1.29 is 14.7 Å². The molecule has 1 aromatic carbocycles. The molecule has 0 aliphatic rings. The zero-order valence-electron chi connectivity index (χ0n) is 8.51. The van der Waals surface area contributed by atoms with Crippen molar-refractivity contribution in [2.45, 2.75) is 6.04 Å². The summed E-state index contributed by atoms with van der Waals surface area (Å²) >= 11 is 0. The molecule has 0 aliphatic carbocycles. The molecule has 0 saturated carbocycles. The van der Waals surface area contributed by atoms with Gasteiger partial charge in [0.1, 0.15) is 6.04 Å². The Labute approximate surface area is 92.6 Å². The smallest absolute Gasteiger partial charge is 0.325 e. The summed E-state index contributed by atoms with van der Waals surface area (Å²) < 4.78 is 0. The highest BCUT2D eigenvalue weighted by atomic mass is 16.4. The number of hydrogen-bond donors (Lipinski definition) is 3. The molecule has 1 amide bonds. The number of nitrogens with two attached hydrogens (primary N) is 1. The van der Waals surface area contributed by atoms with Gasteiger partial charge in [-0.1, -0.05) is 18.7 Å². The van der Waals surface area contributed by atoms with E-state index in [2.05, 4.69) is 11.9 Å². The summed E-state index contributed by atoms with van der Waals surface area (Å²) in [6.45, 7) is 3.32. The van der Waals surface area contributed by atoms with Gasteiger partial charge in [0.2, 0.25) is 5.91 Å². The fourth-order valence-electron chi connectivity index (χ4n) is 1.11. The van der Waals surface area contributed by atoms with Crippen molar-refractivity contribution in [2.75, 3.05) is 5.32 Å². The zero-order chi connectivity index (χ0) is 12.1. The molecule has 0 aliphatic heterocycles. The SMILES string of the molecule is C=CC(=O)Nc1ccc(C(N)C(=O)O)cc1. The Morgan fingerprint density at radius 1 is 1.38 bits per heavy atom. The van der Waals surface area contributed by atoms with Crippen molar-refractivity contribution in [1.82, 2.24) is 0 Å². The van der Waals surface area contributed by atoms with Crippen LogP contribution in [0.15, 0.2) is 36.9 Å². The van der Waals surface area contributed by atoms with Crippen LogP contribution in [-0.2, 0) is 9.59 Å². The van der Waals surface area contributed by atoms with Crippen molar-refractivity contribution in [3.63, 3.8) is 0 Å². The fourth-order valence-corrected chi connectivity index (χ4v) is 1.11. The summed E-state index contributed by atoms with van der Waals surface area (Å²) in [5, 5.41) is 11.2. The predicted molar refractivity (Wildman–Crippen MR) is 59.8 cm³/mol. The van der Waals surface area contributed by atoms with Gasteiger partial charge >= 0.3 is 5.97 Å². The normalized spacial score (nSPS) is 11.6. The monoisotopic (exact) mass is 220 g/mol. The lowest BCUT2D eigenvalue weighted by Crippen LogP contribution is -2.20. The average molecular weight is 220 g/mol. The van der Waals surface area contributed by atoms with Gasteiger partial charge in [-0.05, 0) is 23.8 Å². The fraction of sp³-hybridized carbons (Fsp3) is 0.0909. The Morgan fingerprint density at radius 2 is 1.94 bits per heavy atom. The van der Waals surface area contributed by atoms with E-state index in [0.29, 0.717) is 11.3 Å². The van der Waals surface area contributed by atoms with E-state index in [9.17, 15) is 9.59 Å². The minimum atomic E-state index is -1.09. The van der Waals surface area contributed by atoms with Crippen molar-refractivity contribution in [3.05, 3.63) is 42.5 Å². The van der Waals surface area contributed by atoms with E-state index < -0.39 is 12.0 Å². The Balaban J connectivity index is 2.79. The highest BCUT2D eigenvalue weighted by Crippen LogP contribution is 2.14. The standard InChI is InChI=1S/C11H12N2O3/c1-2-9(14)13-8-5-3-7(4-6-8)10(12)11(15)16/h2-6,10H,1,12H2,(H,13,14)(H,15,16). The summed E-state index contributed by atoms with van der Waals surface area (Å²) in [7, 11) is 0. The van der Waals surface area contributed by atoms with Crippen molar-refractivity contribution in [2.24, 2.45) is 5.73 Å². The molecule has 1 unspecified atom stereocenters. The number of carbonyl (C=O) groups is 2. The first kappa shape index (κ1) is 11.9. The molecule has 16 heavy (non-hydrogen) atoms. The maximum atomic E-state index is 11.0. The summed E-state index contributed by atoms with van der Waals surface area (Å²) in [5.41, 5.74) is 6.45. The van der Waals surface area contributed by atoms with E-state index in [1.807, 2.05) is 0 Å². The number of carboxylic acids is 1. The van der Waals surface area contributed by atoms with E-state index in [1.54, 1.807) is 24.3 Å². The average Bonchev–Trinajstić information content (AvgIpc) is 2.28. The first-order chi connectivity index (χ1) is 7.54. The van der Waals surface area contributed by atoms with Crippen LogP contribution in [0.5, 0.6) is 0 Å². The van der Waals surface area contributed by atoms with Crippen LogP contribution in [0.3, 0.4) is 0 Å². The molecule has 1 aromatic rings. The van der Waals surface area contributed by atoms with Gasteiger partial charge < -0.3 is 16.2 Å². The second-order valence-electron chi connectivity index (χ2n) is 3.13. The molecule has 0 fully saturated rings. The topological polar surface area (TPSA) is 92.4 Å². The molecule has 5 heteroatoms. The summed E-state index contributed by atoms with van der Waals surface area (Å²) in [5.74, 6) is -1.42. The molecule has 84 valence electrons. The molecule has 0 saturated heterocycles. The van der Waals surface area contributed by atoms with Gasteiger partial charge in [0.05, 0.1) is 0 Å². The van der Waals surface area contributed by atoms with E-state index in [-0.39, 0.29) is 5.91 Å². The number of carboxylic acid groups (broad SMARTS) is 1. The Kier molecular flexibility index (Phi) is 3.79. The van der Waals surface area contributed by atoms with E-state index in [0.717, 1.165) is 6.08 Å². The third-order valence-electron chi connectivity index (χ3n) is 1.99. The molecule has 1 atom stereocenters. The van der Waals surface area contributed by atoms with Crippen LogP contribution in [-0.4, -0.2) is 17.0 Å². The minimum Gasteiger partial charge on any atom is -0.480 e. The van der Waals surface area contributed by atoms with Crippen molar-refractivity contribution in [1.29, 1.82) is 0 Å². The van der Waals surface area contributed by atoms with Crippen LogP contribution >= 0.6 is 0 Å². The van der Waals surface area contributed by atoms with Gasteiger partial charge in [-0.25, -0.2) is 0 Å². The first-order valence-electron chi connectivity index (χ1n) is 4.56. The number of benzene rings is 1. The lowest BCUT2D eigenvalue weighted by atomic mass is 10.1. The zero-order valence-corrected chi connectivity index (χ0v) is 8.51. The van der Waals surface area contributed by atoms with Crippen LogP contribution in [0.1, 0.15) is 11.6 Å². The lowest BCUT2D eigenvalue weighted by Gasteiger charge is -2.07. The third-order valence-corrected chi connectivity index (χ3v) is 1.99. The van der Waals surface area contributed by atoms with Crippen LogP contribution < -0.4 is 11.1 Å². The minimum absolute atomic E-state index is 0.324. The molecule has 0 spiro atoms. The molecule has 0 bridgehead atoms. The third kappa shape index (κ3) is 2.93. The highest BCUT2D eigenvalue weighted by Gasteiger charge is 2.13. The van der Waals surface area contributed by atoms with Gasteiger partial charge in [0.15, 0.2) is 0 Å². The molecule has 4 N–H and O–H groups in total. The lowest BCUT2D eigenvalue weighted by molar-refractivity contribution is -0.138. The van der Waals surface area contributed by atoms with Crippen LogP contribution in [0.4, 0.5) is 5.69 Å². The second-order valence-corrected chi connectivity index (χ2v) is 3.13. The molecular weight excluding hydrogens is 208 g/mol. The summed E-state index contributed by atoms with van der Waals surface area (Å²) in [6, 6.07) is 5.22. The van der Waals surface area contributed by atoms with Gasteiger partial charge in [0, 0.05) is 5.69 Å². The van der Waals surface area contributed by atoms with E-state index in [1.165, 1.54) is 0 Å². The highest BCUT2D eigenvalue weighted by molar-refractivity contribution is 5.98. The maximum Gasteiger partial charge on any atom is 0.325 e. The molecule has 0 heterocycles. The molecule has 1 rings (SSSR count). The number of anilines is 1. The van der Waals surface area contributed by atoms with E-state index in [4.69, 9.17) is 10.8 Å². The number of carbonyl (C=O) groups excluding carboxylic acids is 1. The maximum absolute atomic E-state index is 11.0. The Morgan fingerprint density at radius 3 is 2.38 bits per heavy atom. The number of aliphatic carboxylic acids is 1. The largest absolute Gasteiger partial charge is 0.480 e. The Bertz CT molecular complexity index is 412. The van der Waals surface area contributed by atoms with Crippen molar-refractivity contribution in [3.8, 4) is 0 Å². The number of amides is 1. The van der Waals surface area contributed by atoms with Crippen LogP contribution in [0.2, 0.25) is 0 Å². The van der Waals surface area contributed by atoms with Crippen molar-refractivity contribution >= 4 is 17.6 Å². The summed E-state index contributed by atoms with van der Waals surface area (Å²) in [6.07, 6.45) is 1.15. The quantitative estimate of drug-likeness (QED) is 0.657.